The third kappa shape index (κ3) is 3.13. The third-order valence-corrected chi connectivity index (χ3v) is 5.67. The summed E-state index contributed by atoms with van der Waals surface area (Å²) >= 11 is 0. The Balaban J connectivity index is 1.69. The second-order valence-corrected chi connectivity index (χ2v) is 6.72. The van der Waals surface area contributed by atoms with Crippen LogP contribution in [0.25, 0.3) is 0 Å². The molecular formula is C16H28O5. The average molecular weight is 300 g/mol. The van der Waals surface area contributed by atoms with E-state index >= 15 is 0 Å². The minimum Gasteiger partial charge on any atom is -0.390 e. The molecule has 3 saturated heterocycles. The Kier molecular flexibility index (Phi) is 4.86. The van der Waals surface area contributed by atoms with Gasteiger partial charge in [0.2, 0.25) is 0 Å². The van der Waals surface area contributed by atoms with Crippen molar-refractivity contribution in [2.24, 2.45) is 5.92 Å². The fourth-order valence-electron chi connectivity index (χ4n) is 4.19. The Labute approximate surface area is 126 Å². The van der Waals surface area contributed by atoms with E-state index in [-0.39, 0.29) is 11.5 Å². The largest absolute Gasteiger partial charge is 0.390 e. The molecule has 0 aromatic heterocycles. The van der Waals surface area contributed by atoms with Crippen LogP contribution in [0.3, 0.4) is 0 Å². The molecule has 0 aliphatic carbocycles. The van der Waals surface area contributed by atoms with Crippen LogP contribution in [0.2, 0.25) is 0 Å². The summed E-state index contributed by atoms with van der Waals surface area (Å²) in [4.78, 5) is 0. The van der Waals surface area contributed by atoms with E-state index in [1.54, 1.807) is 7.11 Å². The number of rotatable bonds is 3. The molecule has 0 amide bonds. The van der Waals surface area contributed by atoms with E-state index in [4.69, 9.17) is 18.9 Å². The molecule has 2 atom stereocenters. The third-order valence-electron chi connectivity index (χ3n) is 5.67. The summed E-state index contributed by atoms with van der Waals surface area (Å²) in [5.74, 6) is 0.245. The second-order valence-electron chi connectivity index (χ2n) is 6.72. The number of aliphatic hydroxyl groups is 1. The van der Waals surface area contributed by atoms with E-state index in [1.807, 2.05) is 0 Å². The predicted molar refractivity (Wildman–Crippen MR) is 77.3 cm³/mol. The number of ether oxygens (including phenoxy) is 4. The highest BCUT2D eigenvalue weighted by Gasteiger charge is 2.48. The summed E-state index contributed by atoms with van der Waals surface area (Å²) in [5.41, 5.74) is -0.519. The van der Waals surface area contributed by atoms with Gasteiger partial charge in [0.15, 0.2) is 0 Å². The molecule has 5 heteroatoms. The Bertz CT molecular complexity index is 328. The number of aliphatic hydroxyl groups excluding tert-OH is 1. The highest BCUT2D eigenvalue weighted by molar-refractivity contribution is 4.98. The minimum atomic E-state index is -0.438. The predicted octanol–water partition coefficient (Wildman–Crippen LogP) is 1.52. The highest BCUT2D eigenvalue weighted by Crippen LogP contribution is 2.42. The Hall–Kier alpha value is -0.200. The lowest BCUT2D eigenvalue weighted by atomic mass is 9.72. The van der Waals surface area contributed by atoms with Crippen molar-refractivity contribution in [2.75, 3.05) is 40.1 Å². The van der Waals surface area contributed by atoms with Gasteiger partial charge in [-0.3, -0.25) is 0 Å². The molecule has 2 unspecified atom stereocenters. The van der Waals surface area contributed by atoms with Crippen LogP contribution in [0.4, 0.5) is 0 Å². The molecule has 3 fully saturated rings. The highest BCUT2D eigenvalue weighted by atomic mass is 16.5. The molecule has 3 rings (SSSR count). The monoisotopic (exact) mass is 300 g/mol. The zero-order chi connectivity index (χ0) is 14.8. The molecule has 1 spiro atoms. The van der Waals surface area contributed by atoms with Gasteiger partial charge in [0.05, 0.1) is 17.3 Å². The van der Waals surface area contributed by atoms with Crippen molar-refractivity contribution >= 4 is 0 Å². The first-order valence-electron chi connectivity index (χ1n) is 8.22. The Morgan fingerprint density at radius 2 is 1.62 bits per heavy atom. The number of methoxy groups -OCH3 is 1. The molecule has 21 heavy (non-hydrogen) atoms. The minimum absolute atomic E-state index is 0.0811. The standard InChI is InChI=1S/C16H28O5/c1-18-16(5-10-20-11-6-16)14(17)13-2-7-21-15(12-13)3-8-19-9-4-15/h13-14,17H,2-12H2,1H3. The van der Waals surface area contributed by atoms with Crippen molar-refractivity contribution in [3.05, 3.63) is 0 Å². The van der Waals surface area contributed by atoms with Gasteiger partial charge < -0.3 is 24.1 Å². The van der Waals surface area contributed by atoms with Crippen molar-refractivity contribution in [1.82, 2.24) is 0 Å². The van der Waals surface area contributed by atoms with Gasteiger partial charge in [0, 0.05) is 53.0 Å². The van der Waals surface area contributed by atoms with Crippen LogP contribution in [0, 0.1) is 5.92 Å². The van der Waals surface area contributed by atoms with E-state index < -0.39 is 11.7 Å². The molecule has 0 bridgehead atoms. The zero-order valence-electron chi connectivity index (χ0n) is 13.0. The molecule has 0 aromatic carbocycles. The van der Waals surface area contributed by atoms with Crippen LogP contribution in [0.15, 0.2) is 0 Å². The van der Waals surface area contributed by atoms with Crippen molar-refractivity contribution in [2.45, 2.75) is 55.8 Å². The summed E-state index contributed by atoms with van der Waals surface area (Å²) < 4.78 is 22.8. The van der Waals surface area contributed by atoms with Crippen molar-refractivity contribution in [3.63, 3.8) is 0 Å². The molecular weight excluding hydrogens is 272 g/mol. The van der Waals surface area contributed by atoms with E-state index in [0.717, 1.165) is 58.3 Å². The van der Waals surface area contributed by atoms with Crippen molar-refractivity contribution in [1.29, 1.82) is 0 Å². The summed E-state index contributed by atoms with van der Waals surface area (Å²) in [6.45, 7) is 3.62. The van der Waals surface area contributed by atoms with Crippen LogP contribution in [-0.2, 0) is 18.9 Å². The first-order valence-corrected chi connectivity index (χ1v) is 8.22. The Morgan fingerprint density at radius 1 is 1.00 bits per heavy atom. The molecule has 5 nitrogen and oxygen atoms in total. The first kappa shape index (κ1) is 15.7. The smallest absolute Gasteiger partial charge is 0.0982 e. The van der Waals surface area contributed by atoms with Gasteiger partial charge in [-0.05, 0) is 31.6 Å². The first-order chi connectivity index (χ1) is 10.2. The summed E-state index contributed by atoms with van der Waals surface area (Å²) in [7, 11) is 1.72. The molecule has 1 N–H and O–H groups in total. The number of hydrogen-bond donors (Lipinski definition) is 1. The SMILES string of the molecule is COC1(C(O)C2CCOC3(CCOCC3)C2)CCOCC1. The molecule has 3 heterocycles. The van der Waals surface area contributed by atoms with Crippen molar-refractivity contribution in [3.8, 4) is 0 Å². The van der Waals surface area contributed by atoms with Gasteiger partial charge in [-0.1, -0.05) is 0 Å². The molecule has 3 aliphatic rings. The lowest BCUT2D eigenvalue weighted by Gasteiger charge is -2.48. The van der Waals surface area contributed by atoms with E-state index in [1.165, 1.54) is 0 Å². The van der Waals surface area contributed by atoms with Crippen LogP contribution in [-0.4, -0.2) is 62.6 Å². The topological polar surface area (TPSA) is 57.2 Å². The van der Waals surface area contributed by atoms with Gasteiger partial charge in [-0.2, -0.15) is 0 Å². The van der Waals surface area contributed by atoms with Gasteiger partial charge >= 0.3 is 0 Å². The summed E-state index contributed by atoms with van der Waals surface area (Å²) in [6.07, 6.45) is 4.84. The van der Waals surface area contributed by atoms with Crippen LogP contribution < -0.4 is 0 Å². The van der Waals surface area contributed by atoms with Crippen molar-refractivity contribution < 1.29 is 24.1 Å². The molecule has 0 aromatic rings. The maximum Gasteiger partial charge on any atom is 0.0982 e. The zero-order valence-corrected chi connectivity index (χ0v) is 13.0. The lowest BCUT2D eigenvalue weighted by Crippen LogP contribution is -2.55. The summed E-state index contributed by atoms with van der Waals surface area (Å²) in [5, 5.41) is 11.0. The maximum absolute atomic E-state index is 11.0. The molecule has 0 saturated carbocycles. The van der Waals surface area contributed by atoms with Gasteiger partial charge in [-0.25, -0.2) is 0 Å². The average Bonchev–Trinajstić information content (AvgIpc) is 2.55. The van der Waals surface area contributed by atoms with E-state index in [0.29, 0.717) is 13.2 Å². The van der Waals surface area contributed by atoms with Crippen LogP contribution in [0.1, 0.15) is 38.5 Å². The molecule has 0 radical (unpaired) electrons. The van der Waals surface area contributed by atoms with E-state index in [2.05, 4.69) is 0 Å². The van der Waals surface area contributed by atoms with Gasteiger partial charge in [-0.15, -0.1) is 0 Å². The van der Waals surface area contributed by atoms with E-state index in [9.17, 15) is 5.11 Å². The van der Waals surface area contributed by atoms with Gasteiger partial charge in [0.1, 0.15) is 0 Å². The quantitative estimate of drug-likeness (QED) is 0.856. The summed E-state index contributed by atoms with van der Waals surface area (Å²) in [6, 6.07) is 0. The number of hydrogen-bond acceptors (Lipinski definition) is 5. The lowest BCUT2D eigenvalue weighted by molar-refractivity contribution is -0.202. The Morgan fingerprint density at radius 3 is 2.24 bits per heavy atom. The second kappa shape index (κ2) is 6.50. The molecule has 122 valence electrons. The fourth-order valence-corrected chi connectivity index (χ4v) is 4.19. The van der Waals surface area contributed by atoms with Gasteiger partial charge in [0.25, 0.3) is 0 Å². The molecule has 3 aliphatic heterocycles. The van der Waals surface area contributed by atoms with Crippen LogP contribution in [0.5, 0.6) is 0 Å². The van der Waals surface area contributed by atoms with Crippen LogP contribution >= 0.6 is 0 Å². The maximum atomic E-state index is 11.0. The fraction of sp³-hybridized carbons (Fsp3) is 1.00. The normalized spacial score (nSPS) is 33.7.